The second-order valence-corrected chi connectivity index (χ2v) is 2.66. The predicted octanol–water partition coefficient (Wildman–Crippen LogP) is 1.52. The lowest BCUT2D eigenvalue weighted by atomic mass is 10.3. The molecule has 0 aromatic heterocycles. The first-order valence-electron chi connectivity index (χ1n) is 3.25. The topological polar surface area (TPSA) is 64.4 Å². The molecule has 0 aliphatic rings. The van der Waals surface area contributed by atoms with Gasteiger partial charge in [0.05, 0.1) is 5.02 Å². The van der Waals surface area contributed by atoms with E-state index in [0.717, 1.165) is 6.07 Å². The SMILES string of the molecule is NC(N)=Nc1cc(Cl)c(F)cc1F. The highest BCUT2D eigenvalue weighted by Crippen LogP contribution is 2.24. The van der Waals surface area contributed by atoms with Gasteiger partial charge >= 0.3 is 0 Å². The third-order valence-electron chi connectivity index (χ3n) is 1.24. The van der Waals surface area contributed by atoms with Crippen molar-refractivity contribution in [1.82, 2.24) is 0 Å². The molecule has 0 bridgehead atoms. The van der Waals surface area contributed by atoms with E-state index in [0.29, 0.717) is 6.07 Å². The zero-order valence-electron chi connectivity index (χ0n) is 6.39. The van der Waals surface area contributed by atoms with E-state index >= 15 is 0 Å². The Morgan fingerprint density at radius 2 is 1.85 bits per heavy atom. The van der Waals surface area contributed by atoms with Gasteiger partial charge in [0.1, 0.15) is 11.5 Å². The van der Waals surface area contributed by atoms with E-state index in [1.54, 1.807) is 0 Å². The van der Waals surface area contributed by atoms with Crippen molar-refractivity contribution in [3.8, 4) is 0 Å². The molecule has 0 fully saturated rings. The molecule has 3 nitrogen and oxygen atoms in total. The highest BCUT2D eigenvalue weighted by Gasteiger charge is 2.07. The summed E-state index contributed by atoms with van der Waals surface area (Å²) in [5, 5.41) is -0.235. The Bertz CT molecular complexity index is 361. The van der Waals surface area contributed by atoms with Gasteiger partial charge in [-0.3, -0.25) is 0 Å². The molecule has 0 unspecified atom stereocenters. The number of halogens is 3. The van der Waals surface area contributed by atoms with Crippen LogP contribution in [0.2, 0.25) is 5.02 Å². The van der Waals surface area contributed by atoms with Crippen molar-refractivity contribution in [2.75, 3.05) is 0 Å². The molecule has 70 valence electrons. The van der Waals surface area contributed by atoms with Crippen LogP contribution < -0.4 is 11.5 Å². The van der Waals surface area contributed by atoms with Crippen LogP contribution in [0.5, 0.6) is 0 Å². The Hall–Kier alpha value is -1.36. The highest BCUT2D eigenvalue weighted by atomic mass is 35.5. The lowest BCUT2D eigenvalue weighted by molar-refractivity contribution is 0.585. The van der Waals surface area contributed by atoms with Crippen LogP contribution in [0.25, 0.3) is 0 Å². The van der Waals surface area contributed by atoms with Crippen molar-refractivity contribution in [2.45, 2.75) is 0 Å². The van der Waals surface area contributed by atoms with Crippen LogP contribution in [0, 0.1) is 11.6 Å². The molecule has 6 heteroatoms. The van der Waals surface area contributed by atoms with E-state index in [-0.39, 0.29) is 16.7 Å². The van der Waals surface area contributed by atoms with Gasteiger partial charge in [0.15, 0.2) is 11.8 Å². The van der Waals surface area contributed by atoms with Crippen molar-refractivity contribution in [1.29, 1.82) is 0 Å². The van der Waals surface area contributed by atoms with Crippen molar-refractivity contribution in [3.05, 3.63) is 28.8 Å². The van der Waals surface area contributed by atoms with Crippen LogP contribution in [-0.4, -0.2) is 5.96 Å². The van der Waals surface area contributed by atoms with Gasteiger partial charge in [-0.05, 0) is 6.07 Å². The van der Waals surface area contributed by atoms with E-state index in [1.807, 2.05) is 0 Å². The van der Waals surface area contributed by atoms with Crippen LogP contribution in [0.4, 0.5) is 14.5 Å². The molecule has 1 rings (SSSR count). The first kappa shape index (κ1) is 9.73. The summed E-state index contributed by atoms with van der Waals surface area (Å²) in [5.74, 6) is -2.04. The van der Waals surface area contributed by atoms with E-state index < -0.39 is 11.6 Å². The largest absolute Gasteiger partial charge is 0.370 e. The fourth-order valence-electron chi connectivity index (χ4n) is 0.737. The van der Waals surface area contributed by atoms with Crippen molar-refractivity contribution >= 4 is 23.2 Å². The molecule has 1 aromatic carbocycles. The molecule has 0 atom stereocenters. The van der Waals surface area contributed by atoms with E-state index in [9.17, 15) is 8.78 Å². The van der Waals surface area contributed by atoms with Gasteiger partial charge < -0.3 is 11.5 Å². The summed E-state index contributed by atoms with van der Waals surface area (Å²) in [4.78, 5) is 3.41. The molecule has 0 aliphatic carbocycles. The number of nitrogens with two attached hydrogens (primary N) is 2. The van der Waals surface area contributed by atoms with E-state index in [4.69, 9.17) is 23.1 Å². The summed E-state index contributed by atoms with van der Waals surface area (Å²) in [7, 11) is 0. The van der Waals surface area contributed by atoms with Crippen molar-refractivity contribution in [2.24, 2.45) is 16.5 Å². The van der Waals surface area contributed by atoms with Gasteiger partial charge in [0.2, 0.25) is 0 Å². The summed E-state index contributed by atoms with van der Waals surface area (Å²) < 4.78 is 25.5. The number of hydrogen-bond donors (Lipinski definition) is 2. The van der Waals surface area contributed by atoms with Gasteiger partial charge in [-0.2, -0.15) is 0 Å². The Balaban J connectivity index is 3.24. The number of hydrogen-bond acceptors (Lipinski definition) is 1. The Kier molecular flexibility index (Phi) is 2.67. The Morgan fingerprint density at radius 3 is 2.38 bits per heavy atom. The highest BCUT2D eigenvalue weighted by molar-refractivity contribution is 6.31. The summed E-state index contributed by atoms with van der Waals surface area (Å²) in [5.41, 5.74) is 9.82. The molecule has 0 amide bonds. The first-order chi connectivity index (χ1) is 6.00. The van der Waals surface area contributed by atoms with Crippen molar-refractivity contribution in [3.63, 3.8) is 0 Å². The molecule has 0 radical (unpaired) electrons. The van der Waals surface area contributed by atoms with E-state index in [1.165, 1.54) is 0 Å². The van der Waals surface area contributed by atoms with Gasteiger partial charge in [0.25, 0.3) is 0 Å². The van der Waals surface area contributed by atoms with E-state index in [2.05, 4.69) is 4.99 Å². The average molecular weight is 206 g/mol. The molecule has 0 spiro atoms. The third kappa shape index (κ3) is 2.29. The Morgan fingerprint density at radius 1 is 1.23 bits per heavy atom. The monoisotopic (exact) mass is 205 g/mol. The second kappa shape index (κ2) is 3.57. The van der Waals surface area contributed by atoms with Gasteiger partial charge in [0, 0.05) is 6.07 Å². The van der Waals surface area contributed by atoms with Crippen LogP contribution in [0.3, 0.4) is 0 Å². The smallest absolute Gasteiger partial charge is 0.191 e. The molecule has 13 heavy (non-hydrogen) atoms. The van der Waals surface area contributed by atoms with Gasteiger partial charge in [-0.1, -0.05) is 11.6 Å². The maximum absolute atomic E-state index is 12.9. The summed E-state index contributed by atoms with van der Waals surface area (Å²) >= 11 is 5.38. The number of guanidine groups is 1. The lowest BCUT2D eigenvalue weighted by Gasteiger charge is -1.99. The summed E-state index contributed by atoms with van der Waals surface area (Å²) in [6.07, 6.45) is 0. The molecule has 0 saturated carbocycles. The fraction of sp³-hybridized carbons (Fsp3) is 0. The summed E-state index contributed by atoms with van der Waals surface area (Å²) in [6.45, 7) is 0. The van der Waals surface area contributed by atoms with Crippen LogP contribution >= 0.6 is 11.6 Å². The maximum Gasteiger partial charge on any atom is 0.191 e. The number of nitrogens with zero attached hydrogens (tertiary/aromatic N) is 1. The van der Waals surface area contributed by atoms with Crippen LogP contribution in [-0.2, 0) is 0 Å². The second-order valence-electron chi connectivity index (χ2n) is 2.25. The van der Waals surface area contributed by atoms with Crippen LogP contribution in [0.15, 0.2) is 17.1 Å². The minimum Gasteiger partial charge on any atom is -0.370 e. The zero-order chi connectivity index (χ0) is 10.0. The zero-order valence-corrected chi connectivity index (χ0v) is 7.15. The normalized spacial score (nSPS) is 9.77. The predicted molar refractivity (Wildman–Crippen MR) is 46.8 cm³/mol. The first-order valence-corrected chi connectivity index (χ1v) is 3.62. The van der Waals surface area contributed by atoms with Crippen LogP contribution in [0.1, 0.15) is 0 Å². The average Bonchev–Trinajstić information content (AvgIpc) is 1.99. The minimum absolute atomic E-state index is 0.189. The Labute approximate surface area is 78.0 Å². The number of rotatable bonds is 1. The molecule has 0 aliphatic heterocycles. The van der Waals surface area contributed by atoms with Crippen molar-refractivity contribution < 1.29 is 8.78 Å². The molecule has 0 heterocycles. The molecule has 4 N–H and O–H groups in total. The molecule has 0 saturated heterocycles. The molecular formula is C7H6ClF2N3. The summed E-state index contributed by atoms with van der Waals surface area (Å²) in [6, 6.07) is 1.62. The van der Waals surface area contributed by atoms with Gasteiger partial charge in [-0.15, -0.1) is 0 Å². The third-order valence-corrected chi connectivity index (χ3v) is 1.53. The maximum atomic E-state index is 12.9. The lowest BCUT2D eigenvalue weighted by Crippen LogP contribution is -2.22. The number of benzene rings is 1. The standard InChI is InChI=1S/C7H6ClF2N3/c8-3-1-6(13-7(11)12)5(10)2-4(3)9/h1-2H,(H4,11,12,13). The fourth-order valence-corrected chi connectivity index (χ4v) is 0.895. The van der Waals surface area contributed by atoms with Gasteiger partial charge in [-0.25, -0.2) is 13.8 Å². The molecular weight excluding hydrogens is 200 g/mol. The minimum atomic E-state index is -0.865. The quantitative estimate of drug-likeness (QED) is 0.415. The molecule has 1 aromatic rings. The number of aliphatic imine (C=N–C) groups is 1.